The Labute approximate surface area is 262 Å². The number of fused-ring (bicyclic) bond motifs is 4. The van der Waals surface area contributed by atoms with Crippen molar-refractivity contribution in [2.24, 2.45) is 7.05 Å². The number of hydrogen-bond donors (Lipinski definition) is 0. The second-order valence-electron chi connectivity index (χ2n) is 12.4. The molecule has 2 heterocycles. The maximum atomic E-state index is 5.30. The van der Waals surface area contributed by atoms with Gasteiger partial charge in [-0.1, -0.05) is 68.9 Å². The van der Waals surface area contributed by atoms with E-state index in [1.807, 2.05) is 6.07 Å². The molecule has 0 saturated heterocycles. The Bertz CT molecular complexity index is 1870. The van der Waals surface area contributed by atoms with Crippen LogP contribution in [0, 0.1) is 6.07 Å². The van der Waals surface area contributed by atoms with Crippen LogP contribution in [0.4, 0.5) is 0 Å². The molecule has 8 rings (SSSR count). The quantitative estimate of drug-likeness (QED) is 0.166. The van der Waals surface area contributed by atoms with Gasteiger partial charge in [-0.3, -0.25) is 4.98 Å². The van der Waals surface area contributed by atoms with Crippen molar-refractivity contribution in [2.45, 2.75) is 76.0 Å². The molecule has 0 N–H and O–H groups in total. The van der Waals surface area contributed by atoms with E-state index in [1.54, 1.807) is 5.56 Å². The average Bonchev–Trinajstić information content (AvgIpc) is 3.57. The van der Waals surface area contributed by atoms with Crippen LogP contribution >= 0.6 is 0 Å². The van der Waals surface area contributed by atoms with Gasteiger partial charge in [-0.05, 0) is 67.3 Å². The van der Waals surface area contributed by atoms with Gasteiger partial charge in [-0.25, -0.2) is 0 Å². The Morgan fingerprint density at radius 3 is 2.12 bits per heavy atom. The van der Waals surface area contributed by atoms with Crippen LogP contribution in [0.2, 0.25) is 0 Å². The van der Waals surface area contributed by atoms with Crippen molar-refractivity contribution in [3.05, 3.63) is 96.1 Å². The predicted octanol–water partition coefficient (Wildman–Crippen LogP) is 10.2. The molecule has 0 atom stereocenters. The van der Waals surface area contributed by atoms with Crippen LogP contribution < -0.4 is 0 Å². The average molecular weight is 729 g/mol. The number of benzene rings is 4. The normalized spacial score (nSPS) is 16.8. The molecule has 1 radical (unpaired) electrons. The minimum Gasteiger partial charge on any atom is -0.343 e. The topological polar surface area (TPSA) is 22.8 Å². The smallest absolute Gasteiger partial charge is 0.0774 e. The Hall–Kier alpha value is -3.20. The molecule has 0 amide bonds. The van der Waals surface area contributed by atoms with E-state index in [2.05, 4.69) is 95.0 Å². The van der Waals surface area contributed by atoms with Gasteiger partial charge < -0.3 is 9.13 Å². The number of imidazole rings is 1. The molecule has 42 heavy (non-hydrogen) atoms. The van der Waals surface area contributed by atoms with Gasteiger partial charge in [0, 0.05) is 54.7 Å². The van der Waals surface area contributed by atoms with Crippen LogP contribution in [0.5, 0.6) is 0 Å². The second-order valence-corrected chi connectivity index (χ2v) is 12.4. The molecule has 0 bridgehead atoms. The van der Waals surface area contributed by atoms with Gasteiger partial charge in [0.1, 0.15) is 0 Å². The number of aromatic nitrogens is 3. The zero-order valence-electron chi connectivity index (χ0n) is 24.4. The molecule has 2 aliphatic rings. The Balaban J connectivity index is 0.00000288. The Morgan fingerprint density at radius 2 is 1.38 bits per heavy atom. The third kappa shape index (κ3) is 4.46. The third-order valence-corrected chi connectivity index (χ3v) is 10.0. The number of rotatable bonds is 4. The monoisotopic (exact) mass is 729 g/mol. The molecular weight excluding hydrogens is 691 g/mol. The Morgan fingerprint density at radius 1 is 0.714 bits per heavy atom. The molecule has 4 aromatic carbocycles. The predicted molar refractivity (Wildman–Crippen MR) is 171 cm³/mol. The molecule has 3 nitrogen and oxygen atoms in total. The van der Waals surface area contributed by atoms with Gasteiger partial charge in [-0.2, -0.15) is 0 Å². The summed E-state index contributed by atoms with van der Waals surface area (Å²) in [6.45, 7) is 0. The van der Waals surface area contributed by atoms with Crippen LogP contribution in [0.15, 0.2) is 78.9 Å². The molecule has 215 valence electrons. The molecule has 0 spiro atoms. The molecule has 0 unspecified atom stereocenters. The van der Waals surface area contributed by atoms with Gasteiger partial charge in [0.15, 0.2) is 0 Å². The summed E-state index contributed by atoms with van der Waals surface area (Å²) in [4.78, 5) is 5.30. The molecule has 4 heteroatoms. The maximum absolute atomic E-state index is 5.30. The summed E-state index contributed by atoms with van der Waals surface area (Å²) in [5.74, 6) is 2.12. The van der Waals surface area contributed by atoms with E-state index in [9.17, 15) is 0 Å². The summed E-state index contributed by atoms with van der Waals surface area (Å²) in [7, 11) is 2.29. The van der Waals surface area contributed by atoms with Crippen molar-refractivity contribution < 1.29 is 20.1 Å². The second kappa shape index (κ2) is 11.5. The molecule has 0 aliphatic heterocycles. The summed E-state index contributed by atoms with van der Waals surface area (Å²) in [6, 6.07) is 32.3. The standard InChI is InChI=1S/C38H38N3.Ir/c1-40-33-23-13-11-21-29(33)31-25-30(26-15-5-2-6-16-26)37(35(36(31)40)27-17-7-3-8-18-27)41-34-24-14-12-22-32(34)39-38(41)28-19-9-4-10-20-28;/h4,9-14,19,21-27H,2-3,5-8,15-18H2,1H3;/q-1;. The zero-order valence-corrected chi connectivity index (χ0v) is 26.8. The first-order chi connectivity index (χ1) is 20.3. The van der Waals surface area contributed by atoms with Gasteiger partial charge in [-0.15, -0.1) is 35.9 Å². The van der Waals surface area contributed by atoms with Crippen molar-refractivity contribution in [2.75, 3.05) is 0 Å². The van der Waals surface area contributed by atoms with Gasteiger partial charge >= 0.3 is 0 Å². The van der Waals surface area contributed by atoms with Crippen molar-refractivity contribution in [1.29, 1.82) is 0 Å². The van der Waals surface area contributed by atoms with E-state index in [0.29, 0.717) is 11.8 Å². The van der Waals surface area contributed by atoms with Crippen molar-refractivity contribution in [3.8, 4) is 17.1 Å². The number of aryl methyl sites for hydroxylation is 1. The van der Waals surface area contributed by atoms with Crippen LogP contribution in [-0.2, 0) is 27.2 Å². The Kier molecular flexibility index (Phi) is 7.54. The number of nitrogens with zero attached hydrogens (tertiary/aromatic N) is 3. The van der Waals surface area contributed by atoms with E-state index in [4.69, 9.17) is 4.98 Å². The first-order valence-corrected chi connectivity index (χ1v) is 15.8. The molecule has 6 aromatic rings. The van der Waals surface area contributed by atoms with Crippen molar-refractivity contribution in [3.63, 3.8) is 0 Å². The fourth-order valence-corrected chi connectivity index (χ4v) is 8.10. The first kappa shape index (κ1) is 27.6. The number of hydrogen-bond acceptors (Lipinski definition) is 1. The summed E-state index contributed by atoms with van der Waals surface area (Å²) in [5, 5.41) is 2.82. The van der Waals surface area contributed by atoms with Crippen LogP contribution in [0.1, 0.15) is 87.2 Å². The van der Waals surface area contributed by atoms with Crippen LogP contribution in [-0.4, -0.2) is 14.1 Å². The molecular formula is C38H38IrN3-. The fourth-order valence-electron chi connectivity index (χ4n) is 8.10. The zero-order chi connectivity index (χ0) is 27.3. The van der Waals surface area contributed by atoms with Gasteiger partial charge in [0.05, 0.1) is 22.4 Å². The van der Waals surface area contributed by atoms with E-state index in [0.717, 1.165) is 16.9 Å². The van der Waals surface area contributed by atoms with Crippen molar-refractivity contribution >= 4 is 32.8 Å². The largest absolute Gasteiger partial charge is 0.343 e. The van der Waals surface area contributed by atoms with Crippen LogP contribution in [0.3, 0.4) is 0 Å². The summed E-state index contributed by atoms with van der Waals surface area (Å²) < 4.78 is 5.04. The fraction of sp³-hybridized carbons (Fsp3) is 0.342. The van der Waals surface area contributed by atoms with E-state index >= 15 is 0 Å². The minimum absolute atomic E-state index is 0. The molecule has 2 saturated carbocycles. The van der Waals surface area contributed by atoms with Gasteiger partial charge in [0.2, 0.25) is 0 Å². The molecule has 2 fully saturated rings. The van der Waals surface area contributed by atoms with E-state index < -0.39 is 0 Å². The number of para-hydroxylation sites is 3. The van der Waals surface area contributed by atoms with Crippen molar-refractivity contribution in [1.82, 2.24) is 14.1 Å². The van der Waals surface area contributed by atoms with Crippen LogP contribution in [0.25, 0.3) is 49.9 Å². The first-order valence-electron chi connectivity index (χ1n) is 15.8. The maximum Gasteiger partial charge on any atom is 0.0774 e. The summed E-state index contributed by atoms with van der Waals surface area (Å²) >= 11 is 0. The molecule has 2 aromatic heterocycles. The summed E-state index contributed by atoms with van der Waals surface area (Å²) in [6.07, 6.45) is 13.0. The summed E-state index contributed by atoms with van der Waals surface area (Å²) in [5.41, 5.74) is 10.6. The van der Waals surface area contributed by atoms with E-state index in [-0.39, 0.29) is 20.1 Å². The van der Waals surface area contributed by atoms with Gasteiger partial charge in [0.25, 0.3) is 0 Å². The SMILES string of the molecule is Cn1c2ccccc2c2cc(C3CCCCC3)c(-n3c(-c4[c-]cccc4)nc4ccccc43)c(C3CCCCC3)c21.[Ir]. The third-order valence-electron chi connectivity index (χ3n) is 10.0. The van der Waals surface area contributed by atoms with E-state index in [1.165, 1.54) is 103 Å². The minimum atomic E-state index is 0. The molecule has 2 aliphatic carbocycles.